The van der Waals surface area contributed by atoms with Gasteiger partial charge < -0.3 is 9.64 Å². The first-order valence-electron chi connectivity index (χ1n) is 7.66. The fourth-order valence-electron chi connectivity index (χ4n) is 2.41. The molecular weight excluding hydrogens is 356 g/mol. The normalized spacial score (nSPS) is 10.5. The Kier molecular flexibility index (Phi) is 5.36. The van der Waals surface area contributed by atoms with Gasteiger partial charge in [-0.1, -0.05) is 35.9 Å². The molecule has 6 heteroatoms. The van der Waals surface area contributed by atoms with E-state index in [4.69, 9.17) is 16.3 Å². The van der Waals surface area contributed by atoms with E-state index in [1.54, 1.807) is 24.4 Å². The quantitative estimate of drug-likeness (QED) is 0.649. The monoisotopic (exact) mass is 372 g/mol. The SMILES string of the molecule is COc1cccc(CN(C)C(=O)c2csc(-c3ccc(Cl)cc3)n2)c1. The Morgan fingerprint density at radius 2 is 2.00 bits per heavy atom. The number of amides is 1. The molecule has 4 nitrogen and oxygen atoms in total. The van der Waals surface area contributed by atoms with Crippen LogP contribution in [0.5, 0.6) is 5.75 Å². The summed E-state index contributed by atoms with van der Waals surface area (Å²) in [7, 11) is 3.39. The first kappa shape index (κ1) is 17.5. The number of hydrogen-bond acceptors (Lipinski definition) is 4. The first-order chi connectivity index (χ1) is 12.1. The maximum absolute atomic E-state index is 12.6. The Bertz CT molecular complexity index is 877. The number of nitrogens with zero attached hydrogens (tertiary/aromatic N) is 2. The summed E-state index contributed by atoms with van der Waals surface area (Å²) in [5, 5.41) is 3.26. The molecule has 0 spiro atoms. The van der Waals surface area contributed by atoms with Crippen molar-refractivity contribution in [2.24, 2.45) is 0 Å². The number of methoxy groups -OCH3 is 1. The standard InChI is InChI=1S/C19H17ClN2O2S/c1-22(11-13-4-3-5-16(10-13)24-2)19(23)17-12-25-18(21-17)14-6-8-15(20)9-7-14/h3-10,12H,11H2,1-2H3. The minimum atomic E-state index is -0.112. The highest BCUT2D eigenvalue weighted by Crippen LogP contribution is 2.25. The Labute approximate surface area is 155 Å². The number of carbonyl (C=O) groups is 1. The maximum atomic E-state index is 12.6. The van der Waals surface area contributed by atoms with Crippen LogP contribution in [0, 0.1) is 0 Å². The molecule has 0 atom stereocenters. The molecule has 1 heterocycles. The topological polar surface area (TPSA) is 42.4 Å². The first-order valence-corrected chi connectivity index (χ1v) is 8.92. The number of ether oxygens (including phenoxy) is 1. The van der Waals surface area contributed by atoms with Crippen molar-refractivity contribution in [2.45, 2.75) is 6.54 Å². The molecular formula is C19H17ClN2O2S. The third-order valence-corrected chi connectivity index (χ3v) is 4.86. The van der Waals surface area contributed by atoms with Gasteiger partial charge in [0.2, 0.25) is 0 Å². The molecule has 0 unspecified atom stereocenters. The van der Waals surface area contributed by atoms with Crippen LogP contribution in [0.4, 0.5) is 0 Å². The molecule has 0 aliphatic heterocycles. The van der Waals surface area contributed by atoms with E-state index in [1.165, 1.54) is 11.3 Å². The van der Waals surface area contributed by atoms with Gasteiger partial charge in [-0.05, 0) is 29.8 Å². The lowest BCUT2D eigenvalue weighted by molar-refractivity contribution is 0.0780. The zero-order valence-corrected chi connectivity index (χ0v) is 15.5. The van der Waals surface area contributed by atoms with Crippen molar-refractivity contribution in [1.82, 2.24) is 9.88 Å². The number of hydrogen-bond donors (Lipinski definition) is 0. The van der Waals surface area contributed by atoms with E-state index in [-0.39, 0.29) is 5.91 Å². The van der Waals surface area contributed by atoms with Gasteiger partial charge >= 0.3 is 0 Å². The second-order valence-corrected chi connectivity index (χ2v) is 6.85. The van der Waals surface area contributed by atoms with Crippen molar-refractivity contribution in [3.63, 3.8) is 0 Å². The second-order valence-electron chi connectivity index (χ2n) is 5.56. The third-order valence-electron chi connectivity index (χ3n) is 3.72. The molecule has 0 aliphatic carbocycles. The van der Waals surface area contributed by atoms with Crippen LogP contribution < -0.4 is 4.74 Å². The Hall–Kier alpha value is -2.37. The van der Waals surface area contributed by atoms with E-state index >= 15 is 0 Å². The number of carbonyl (C=O) groups excluding carboxylic acids is 1. The van der Waals surface area contributed by atoms with Gasteiger partial charge in [-0.25, -0.2) is 4.98 Å². The highest BCUT2D eigenvalue weighted by atomic mass is 35.5. The van der Waals surface area contributed by atoms with Gasteiger partial charge in [0.1, 0.15) is 16.5 Å². The summed E-state index contributed by atoms with van der Waals surface area (Å²) in [6.45, 7) is 0.490. The summed E-state index contributed by atoms with van der Waals surface area (Å²) in [6, 6.07) is 15.1. The molecule has 0 aliphatic rings. The van der Waals surface area contributed by atoms with Crippen LogP contribution in [0.3, 0.4) is 0 Å². The maximum Gasteiger partial charge on any atom is 0.273 e. The van der Waals surface area contributed by atoms with Gasteiger partial charge in [-0.3, -0.25) is 4.79 Å². The molecule has 3 aromatic rings. The molecule has 0 saturated heterocycles. The molecule has 1 aromatic heterocycles. The fourth-order valence-corrected chi connectivity index (χ4v) is 3.34. The molecule has 128 valence electrons. The van der Waals surface area contributed by atoms with Crippen LogP contribution in [0.1, 0.15) is 16.1 Å². The summed E-state index contributed by atoms with van der Waals surface area (Å²) in [4.78, 5) is 18.7. The van der Waals surface area contributed by atoms with E-state index in [2.05, 4.69) is 4.98 Å². The van der Waals surface area contributed by atoms with Crippen LogP contribution in [0.15, 0.2) is 53.9 Å². The molecule has 1 amide bonds. The largest absolute Gasteiger partial charge is 0.497 e. The average Bonchev–Trinajstić information content (AvgIpc) is 3.12. The summed E-state index contributed by atoms with van der Waals surface area (Å²) >= 11 is 7.35. The Balaban J connectivity index is 1.73. The smallest absolute Gasteiger partial charge is 0.273 e. The van der Waals surface area contributed by atoms with E-state index in [0.717, 1.165) is 21.9 Å². The predicted octanol–water partition coefficient (Wildman–Crippen LogP) is 4.74. The van der Waals surface area contributed by atoms with Gasteiger partial charge in [-0.15, -0.1) is 11.3 Å². The number of benzene rings is 2. The number of aromatic nitrogens is 1. The molecule has 0 saturated carbocycles. The minimum Gasteiger partial charge on any atom is -0.497 e. The van der Waals surface area contributed by atoms with Crippen LogP contribution in [-0.4, -0.2) is 29.9 Å². The van der Waals surface area contributed by atoms with Crippen molar-refractivity contribution in [3.05, 3.63) is 70.2 Å². The number of rotatable bonds is 5. The van der Waals surface area contributed by atoms with Crippen LogP contribution in [-0.2, 0) is 6.54 Å². The highest BCUT2D eigenvalue weighted by Gasteiger charge is 2.16. The van der Waals surface area contributed by atoms with Crippen LogP contribution >= 0.6 is 22.9 Å². The summed E-state index contributed by atoms with van der Waals surface area (Å²) in [5.41, 5.74) is 2.40. The van der Waals surface area contributed by atoms with Crippen molar-refractivity contribution >= 4 is 28.8 Å². The van der Waals surface area contributed by atoms with E-state index in [0.29, 0.717) is 17.3 Å². The molecule has 0 radical (unpaired) electrons. The Morgan fingerprint density at radius 1 is 1.24 bits per heavy atom. The lowest BCUT2D eigenvalue weighted by Gasteiger charge is -2.16. The van der Waals surface area contributed by atoms with E-state index < -0.39 is 0 Å². The second kappa shape index (κ2) is 7.68. The summed E-state index contributed by atoms with van der Waals surface area (Å²) in [6.07, 6.45) is 0. The van der Waals surface area contributed by atoms with E-state index in [1.807, 2.05) is 48.5 Å². The number of thiazole rings is 1. The van der Waals surface area contributed by atoms with Crippen LogP contribution in [0.2, 0.25) is 5.02 Å². The zero-order chi connectivity index (χ0) is 17.8. The summed E-state index contributed by atoms with van der Waals surface area (Å²) in [5.74, 6) is 0.663. The number of halogens is 1. The molecule has 25 heavy (non-hydrogen) atoms. The van der Waals surface area contributed by atoms with Crippen molar-refractivity contribution in [3.8, 4) is 16.3 Å². The van der Waals surface area contributed by atoms with Gasteiger partial charge in [0.25, 0.3) is 5.91 Å². The Morgan fingerprint density at radius 3 is 2.72 bits per heavy atom. The molecule has 3 rings (SSSR count). The lowest BCUT2D eigenvalue weighted by atomic mass is 10.2. The van der Waals surface area contributed by atoms with Gasteiger partial charge in [-0.2, -0.15) is 0 Å². The average molecular weight is 373 g/mol. The predicted molar refractivity (Wildman–Crippen MR) is 101 cm³/mol. The van der Waals surface area contributed by atoms with Crippen molar-refractivity contribution in [2.75, 3.05) is 14.2 Å². The zero-order valence-electron chi connectivity index (χ0n) is 13.9. The van der Waals surface area contributed by atoms with Crippen LogP contribution in [0.25, 0.3) is 10.6 Å². The molecule has 2 aromatic carbocycles. The van der Waals surface area contributed by atoms with Gasteiger partial charge in [0, 0.05) is 29.6 Å². The highest BCUT2D eigenvalue weighted by molar-refractivity contribution is 7.13. The fraction of sp³-hybridized carbons (Fsp3) is 0.158. The molecule has 0 bridgehead atoms. The minimum absolute atomic E-state index is 0.112. The van der Waals surface area contributed by atoms with E-state index in [9.17, 15) is 4.79 Å². The van der Waals surface area contributed by atoms with Gasteiger partial charge in [0.05, 0.1) is 7.11 Å². The lowest BCUT2D eigenvalue weighted by Crippen LogP contribution is -2.26. The third kappa shape index (κ3) is 4.18. The van der Waals surface area contributed by atoms with Gasteiger partial charge in [0.15, 0.2) is 0 Å². The molecule has 0 fully saturated rings. The van der Waals surface area contributed by atoms with Crippen molar-refractivity contribution in [1.29, 1.82) is 0 Å². The summed E-state index contributed by atoms with van der Waals surface area (Å²) < 4.78 is 5.22. The van der Waals surface area contributed by atoms with Crippen molar-refractivity contribution < 1.29 is 9.53 Å². The molecule has 0 N–H and O–H groups in total.